The Morgan fingerprint density at radius 2 is 1.57 bits per heavy atom. The van der Waals surface area contributed by atoms with E-state index in [-0.39, 0.29) is 27.9 Å². The molecule has 0 aromatic heterocycles. The van der Waals surface area contributed by atoms with Crippen LogP contribution in [0.15, 0.2) is 0 Å². The predicted molar refractivity (Wildman–Crippen MR) is 28.7 cm³/mol. The third kappa shape index (κ3) is 10.8. The van der Waals surface area contributed by atoms with Crippen molar-refractivity contribution in [3.05, 3.63) is 5.73 Å². The molecular formula is C5H12NTa-. The Bertz CT molecular complexity index is 37.8. The van der Waals surface area contributed by atoms with Crippen LogP contribution in [0.1, 0.15) is 27.2 Å². The zero-order valence-electron chi connectivity index (χ0n) is 5.15. The Hall–Kier alpha value is 0.700. The summed E-state index contributed by atoms with van der Waals surface area (Å²) in [7, 11) is 0. The van der Waals surface area contributed by atoms with Gasteiger partial charge in [0, 0.05) is 22.4 Å². The SMILES string of the molecule is CCC(C)(C)[NH-].[Ta]. The zero-order chi connectivity index (χ0) is 5.21. The van der Waals surface area contributed by atoms with Crippen molar-refractivity contribution in [1.82, 2.24) is 0 Å². The largest absolute Gasteiger partial charge is 0.672 e. The summed E-state index contributed by atoms with van der Waals surface area (Å²) in [4.78, 5) is 0. The second-order valence-electron chi connectivity index (χ2n) is 2.24. The smallest absolute Gasteiger partial charge is 0 e. The van der Waals surface area contributed by atoms with E-state index in [1.807, 2.05) is 20.8 Å². The molecule has 0 aromatic rings. The van der Waals surface area contributed by atoms with E-state index in [1.165, 1.54) is 0 Å². The number of hydrogen-bond acceptors (Lipinski definition) is 0. The van der Waals surface area contributed by atoms with Gasteiger partial charge in [-0.2, -0.15) is 0 Å². The molecule has 0 rings (SSSR count). The molecule has 1 radical (unpaired) electrons. The molecule has 43 valence electrons. The van der Waals surface area contributed by atoms with Crippen LogP contribution in [0.5, 0.6) is 0 Å². The summed E-state index contributed by atoms with van der Waals surface area (Å²) >= 11 is 0. The first kappa shape index (κ1) is 10.6. The molecule has 0 unspecified atom stereocenters. The fourth-order valence-corrected chi connectivity index (χ4v) is 0. The van der Waals surface area contributed by atoms with Gasteiger partial charge >= 0.3 is 0 Å². The van der Waals surface area contributed by atoms with Crippen molar-refractivity contribution in [1.29, 1.82) is 0 Å². The molecule has 0 aliphatic carbocycles. The van der Waals surface area contributed by atoms with Crippen LogP contribution in [0.2, 0.25) is 0 Å². The van der Waals surface area contributed by atoms with Gasteiger partial charge in [0.05, 0.1) is 0 Å². The summed E-state index contributed by atoms with van der Waals surface area (Å²) in [5.74, 6) is 0. The van der Waals surface area contributed by atoms with Crippen molar-refractivity contribution in [2.75, 3.05) is 0 Å². The topological polar surface area (TPSA) is 23.8 Å². The van der Waals surface area contributed by atoms with Gasteiger partial charge < -0.3 is 5.73 Å². The van der Waals surface area contributed by atoms with Crippen LogP contribution in [0.3, 0.4) is 0 Å². The summed E-state index contributed by atoms with van der Waals surface area (Å²) in [6.45, 7) is 5.84. The molecule has 0 aliphatic heterocycles. The van der Waals surface area contributed by atoms with Crippen molar-refractivity contribution in [2.45, 2.75) is 32.7 Å². The second kappa shape index (κ2) is 3.67. The van der Waals surface area contributed by atoms with Crippen molar-refractivity contribution in [3.63, 3.8) is 0 Å². The van der Waals surface area contributed by atoms with Gasteiger partial charge in [-0.3, -0.25) is 0 Å². The standard InChI is InChI=1S/C5H12N.Ta/c1-4-5(2,3)6;/h6H,4H2,1-3H3;/q-1;. The van der Waals surface area contributed by atoms with Crippen LogP contribution in [0.4, 0.5) is 0 Å². The van der Waals surface area contributed by atoms with Crippen LogP contribution < -0.4 is 0 Å². The molecule has 7 heavy (non-hydrogen) atoms. The number of hydrogen-bond donors (Lipinski definition) is 0. The third-order valence-corrected chi connectivity index (χ3v) is 0.884. The molecule has 0 bridgehead atoms. The first-order valence-corrected chi connectivity index (χ1v) is 2.31. The Kier molecular flexibility index (Phi) is 5.58. The molecule has 0 saturated carbocycles. The van der Waals surface area contributed by atoms with E-state index in [0.29, 0.717) is 0 Å². The molecular weight excluding hydrogens is 255 g/mol. The molecule has 2 heteroatoms. The van der Waals surface area contributed by atoms with E-state index in [1.54, 1.807) is 0 Å². The molecule has 1 nitrogen and oxygen atoms in total. The van der Waals surface area contributed by atoms with E-state index < -0.39 is 0 Å². The molecule has 0 heterocycles. The number of nitrogens with one attached hydrogen (secondary N) is 1. The second-order valence-corrected chi connectivity index (χ2v) is 2.24. The van der Waals surface area contributed by atoms with Crippen LogP contribution in [0, 0.1) is 0 Å². The maximum atomic E-state index is 7.18. The Labute approximate surface area is 61.2 Å². The van der Waals surface area contributed by atoms with Crippen LogP contribution in [0.25, 0.3) is 5.73 Å². The molecule has 0 atom stereocenters. The van der Waals surface area contributed by atoms with E-state index in [4.69, 9.17) is 5.73 Å². The summed E-state index contributed by atoms with van der Waals surface area (Å²) < 4.78 is 0. The molecule has 0 amide bonds. The minimum absolute atomic E-state index is 0. The van der Waals surface area contributed by atoms with Gasteiger partial charge in [-0.15, -0.1) is 5.54 Å². The molecule has 0 spiro atoms. The minimum atomic E-state index is -0.208. The average Bonchev–Trinajstić information content (AvgIpc) is 1.35. The van der Waals surface area contributed by atoms with E-state index in [2.05, 4.69) is 0 Å². The van der Waals surface area contributed by atoms with Crippen molar-refractivity contribution in [3.8, 4) is 0 Å². The molecule has 0 saturated heterocycles. The van der Waals surface area contributed by atoms with Crippen molar-refractivity contribution < 1.29 is 22.4 Å². The van der Waals surface area contributed by atoms with Gasteiger partial charge in [-0.05, 0) is 0 Å². The van der Waals surface area contributed by atoms with Crippen LogP contribution in [-0.4, -0.2) is 5.54 Å². The Morgan fingerprint density at radius 3 is 1.57 bits per heavy atom. The predicted octanol–water partition coefficient (Wildman–Crippen LogP) is 2.22. The monoisotopic (exact) mass is 267 g/mol. The van der Waals surface area contributed by atoms with Crippen LogP contribution in [-0.2, 0) is 22.4 Å². The van der Waals surface area contributed by atoms with Gasteiger partial charge in [0.15, 0.2) is 0 Å². The fraction of sp³-hybridized carbons (Fsp3) is 1.00. The summed E-state index contributed by atoms with van der Waals surface area (Å²) in [5.41, 5.74) is 6.97. The Balaban J connectivity index is 0. The van der Waals surface area contributed by atoms with Gasteiger partial charge in [0.25, 0.3) is 0 Å². The average molecular weight is 267 g/mol. The molecule has 0 aromatic carbocycles. The molecule has 1 N–H and O–H groups in total. The number of rotatable bonds is 1. The van der Waals surface area contributed by atoms with Crippen molar-refractivity contribution >= 4 is 0 Å². The fourth-order valence-electron chi connectivity index (χ4n) is 0. The van der Waals surface area contributed by atoms with Gasteiger partial charge in [-0.25, -0.2) is 0 Å². The quantitative estimate of drug-likeness (QED) is 0.695. The van der Waals surface area contributed by atoms with E-state index in [9.17, 15) is 0 Å². The normalized spacial score (nSPS) is 10.3. The minimum Gasteiger partial charge on any atom is -0.672 e. The van der Waals surface area contributed by atoms with Crippen molar-refractivity contribution in [2.24, 2.45) is 0 Å². The first-order chi connectivity index (χ1) is 2.56. The summed E-state index contributed by atoms with van der Waals surface area (Å²) in [6.07, 6.45) is 0.938. The Morgan fingerprint density at radius 1 is 1.43 bits per heavy atom. The summed E-state index contributed by atoms with van der Waals surface area (Å²) in [6, 6.07) is 0. The van der Waals surface area contributed by atoms with Crippen LogP contribution >= 0.6 is 0 Å². The maximum Gasteiger partial charge on any atom is 0 e. The summed E-state index contributed by atoms with van der Waals surface area (Å²) in [5, 5.41) is 0. The van der Waals surface area contributed by atoms with Gasteiger partial charge in [0.1, 0.15) is 0 Å². The van der Waals surface area contributed by atoms with E-state index >= 15 is 0 Å². The van der Waals surface area contributed by atoms with E-state index in [0.717, 1.165) is 6.42 Å². The van der Waals surface area contributed by atoms with Gasteiger partial charge in [0.2, 0.25) is 0 Å². The first-order valence-electron chi connectivity index (χ1n) is 2.31. The molecule has 0 fully saturated rings. The molecule has 0 aliphatic rings. The zero-order valence-corrected chi connectivity index (χ0v) is 8.37. The maximum absolute atomic E-state index is 7.18. The third-order valence-electron chi connectivity index (χ3n) is 0.884. The van der Waals surface area contributed by atoms with Gasteiger partial charge in [-0.1, -0.05) is 27.2 Å².